The second-order valence-electron chi connectivity index (χ2n) is 6.01. The number of hydrogen-bond acceptors (Lipinski definition) is 5. The van der Waals surface area contributed by atoms with Crippen LogP contribution in [0.15, 0.2) is 10.6 Å². The summed E-state index contributed by atoms with van der Waals surface area (Å²) in [7, 11) is 1.72. The van der Waals surface area contributed by atoms with E-state index in [1.54, 1.807) is 20.1 Å². The smallest absolute Gasteiger partial charge is 0.276 e. The molecule has 2 aliphatic rings. The van der Waals surface area contributed by atoms with Crippen LogP contribution >= 0.6 is 0 Å². The van der Waals surface area contributed by atoms with Gasteiger partial charge in [-0.15, -0.1) is 0 Å². The van der Waals surface area contributed by atoms with Crippen LogP contribution < -0.4 is 0 Å². The van der Waals surface area contributed by atoms with Gasteiger partial charge in [-0.2, -0.15) is 0 Å². The van der Waals surface area contributed by atoms with Gasteiger partial charge >= 0.3 is 0 Å². The summed E-state index contributed by atoms with van der Waals surface area (Å²) in [6.07, 6.45) is 3.21. The van der Waals surface area contributed by atoms with Gasteiger partial charge in [0.2, 0.25) is 0 Å². The van der Waals surface area contributed by atoms with E-state index in [4.69, 9.17) is 14.0 Å². The van der Waals surface area contributed by atoms with Gasteiger partial charge in [0, 0.05) is 25.6 Å². The number of nitrogens with zero attached hydrogens (tertiary/aromatic N) is 2. The summed E-state index contributed by atoms with van der Waals surface area (Å²) in [5.74, 6) is 0.939. The van der Waals surface area contributed by atoms with Gasteiger partial charge in [-0.3, -0.25) is 4.79 Å². The fraction of sp³-hybridized carbons (Fsp3) is 0.733. The number of aryl methyl sites for hydroxylation is 1. The van der Waals surface area contributed by atoms with Crippen molar-refractivity contribution in [2.45, 2.75) is 31.8 Å². The Balaban J connectivity index is 1.75. The maximum absolute atomic E-state index is 12.5. The second-order valence-corrected chi connectivity index (χ2v) is 6.01. The Kier molecular flexibility index (Phi) is 3.99. The van der Waals surface area contributed by atoms with Crippen LogP contribution in [0.2, 0.25) is 0 Å². The highest BCUT2D eigenvalue weighted by Gasteiger charge is 2.48. The zero-order valence-corrected chi connectivity index (χ0v) is 12.6. The molecule has 1 aliphatic carbocycles. The standard InChI is InChI=1S/C15H22N2O4/c1-11-8-13(16-21-11)14(18)17-6-7-20-15(10-17)5-3-4-12(15)9-19-2/h8,12H,3-7,9-10H2,1-2H3/t12-,15-/m1/s1. The predicted molar refractivity (Wildman–Crippen MR) is 75.0 cm³/mol. The predicted octanol–water partition coefficient (Wildman–Crippen LogP) is 1.64. The number of aromatic nitrogens is 1. The first-order valence-corrected chi connectivity index (χ1v) is 7.50. The molecule has 1 spiro atoms. The zero-order chi connectivity index (χ0) is 14.9. The van der Waals surface area contributed by atoms with E-state index in [1.165, 1.54) is 0 Å². The van der Waals surface area contributed by atoms with Crippen molar-refractivity contribution >= 4 is 5.91 Å². The molecule has 0 radical (unpaired) electrons. The molecule has 116 valence electrons. The molecule has 1 aromatic rings. The molecule has 2 fully saturated rings. The van der Waals surface area contributed by atoms with E-state index < -0.39 is 0 Å². The molecule has 1 aliphatic heterocycles. The molecular weight excluding hydrogens is 272 g/mol. The Hall–Kier alpha value is -1.40. The van der Waals surface area contributed by atoms with Crippen molar-refractivity contribution in [2.24, 2.45) is 5.92 Å². The summed E-state index contributed by atoms with van der Waals surface area (Å²) in [5.41, 5.74) is 0.133. The highest BCUT2D eigenvalue weighted by atomic mass is 16.5. The number of carbonyl (C=O) groups excluding carboxylic acids is 1. The highest BCUT2D eigenvalue weighted by Crippen LogP contribution is 2.41. The molecule has 3 rings (SSSR count). The Morgan fingerprint density at radius 2 is 2.48 bits per heavy atom. The normalized spacial score (nSPS) is 29.2. The maximum Gasteiger partial charge on any atom is 0.276 e. The van der Waals surface area contributed by atoms with E-state index in [2.05, 4.69) is 5.16 Å². The van der Waals surface area contributed by atoms with Crippen LogP contribution in [0.5, 0.6) is 0 Å². The minimum atomic E-state index is -0.247. The Morgan fingerprint density at radius 3 is 3.19 bits per heavy atom. The lowest BCUT2D eigenvalue weighted by Gasteiger charge is -2.43. The van der Waals surface area contributed by atoms with Crippen LogP contribution in [-0.4, -0.2) is 55.0 Å². The number of rotatable bonds is 3. The summed E-state index contributed by atoms with van der Waals surface area (Å²) < 4.78 is 16.4. The number of methoxy groups -OCH3 is 1. The van der Waals surface area contributed by atoms with Gasteiger partial charge in [0.15, 0.2) is 5.69 Å². The van der Waals surface area contributed by atoms with E-state index in [0.29, 0.717) is 43.7 Å². The number of amides is 1. The van der Waals surface area contributed by atoms with Crippen molar-refractivity contribution in [3.8, 4) is 0 Å². The van der Waals surface area contributed by atoms with Crippen LogP contribution in [0.25, 0.3) is 0 Å². The summed E-state index contributed by atoms with van der Waals surface area (Å²) >= 11 is 0. The van der Waals surface area contributed by atoms with E-state index in [-0.39, 0.29) is 11.5 Å². The lowest BCUT2D eigenvalue weighted by molar-refractivity contribution is -0.131. The average molecular weight is 294 g/mol. The summed E-state index contributed by atoms with van der Waals surface area (Å²) in [6, 6.07) is 1.69. The van der Waals surface area contributed by atoms with Gasteiger partial charge in [-0.05, 0) is 19.8 Å². The van der Waals surface area contributed by atoms with E-state index >= 15 is 0 Å². The van der Waals surface area contributed by atoms with Crippen molar-refractivity contribution in [1.29, 1.82) is 0 Å². The average Bonchev–Trinajstić information content (AvgIpc) is 3.07. The molecule has 2 heterocycles. The minimum Gasteiger partial charge on any atom is -0.384 e. The molecule has 6 nitrogen and oxygen atoms in total. The van der Waals surface area contributed by atoms with Crippen LogP contribution in [0.3, 0.4) is 0 Å². The van der Waals surface area contributed by atoms with Crippen molar-refractivity contribution < 1.29 is 18.8 Å². The Labute approximate surface area is 124 Å². The number of hydrogen-bond donors (Lipinski definition) is 0. The highest BCUT2D eigenvalue weighted by molar-refractivity contribution is 5.92. The van der Waals surface area contributed by atoms with Gasteiger partial charge in [0.1, 0.15) is 5.76 Å². The van der Waals surface area contributed by atoms with Crippen LogP contribution in [-0.2, 0) is 9.47 Å². The van der Waals surface area contributed by atoms with Crippen molar-refractivity contribution in [2.75, 3.05) is 33.4 Å². The topological polar surface area (TPSA) is 64.8 Å². The van der Waals surface area contributed by atoms with Crippen molar-refractivity contribution in [1.82, 2.24) is 10.1 Å². The fourth-order valence-corrected chi connectivity index (χ4v) is 3.56. The molecule has 1 saturated heterocycles. The van der Waals surface area contributed by atoms with Gasteiger partial charge in [-0.25, -0.2) is 0 Å². The molecule has 0 N–H and O–H groups in total. The quantitative estimate of drug-likeness (QED) is 0.848. The van der Waals surface area contributed by atoms with Crippen LogP contribution in [0.1, 0.15) is 35.5 Å². The molecule has 0 aromatic carbocycles. The van der Waals surface area contributed by atoms with Crippen molar-refractivity contribution in [3.63, 3.8) is 0 Å². The molecular formula is C15H22N2O4. The van der Waals surface area contributed by atoms with Gasteiger partial charge in [0.25, 0.3) is 5.91 Å². The number of carbonyl (C=O) groups is 1. The van der Waals surface area contributed by atoms with Gasteiger partial charge < -0.3 is 18.9 Å². The third kappa shape index (κ3) is 2.70. The molecule has 1 saturated carbocycles. The first kappa shape index (κ1) is 14.5. The first-order chi connectivity index (χ1) is 10.1. The number of morpholine rings is 1. The lowest BCUT2D eigenvalue weighted by Crippen LogP contribution is -2.56. The zero-order valence-electron chi connectivity index (χ0n) is 12.6. The second kappa shape index (κ2) is 5.77. The third-order valence-corrected chi connectivity index (χ3v) is 4.61. The monoisotopic (exact) mass is 294 g/mol. The van der Waals surface area contributed by atoms with Gasteiger partial charge in [-0.1, -0.05) is 11.6 Å². The molecule has 6 heteroatoms. The van der Waals surface area contributed by atoms with E-state index in [1.807, 2.05) is 4.90 Å². The fourth-order valence-electron chi connectivity index (χ4n) is 3.56. The molecule has 0 bridgehead atoms. The first-order valence-electron chi connectivity index (χ1n) is 7.50. The summed E-state index contributed by atoms with van der Waals surface area (Å²) in [5, 5.41) is 3.83. The van der Waals surface area contributed by atoms with Gasteiger partial charge in [0.05, 0.1) is 25.4 Å². The van der Waals surface area contributed by atoms with Crippen LogP contribution in [0, 0.1) is 12.8 Å². The molecule has 1 amide bonds. The molecule has 2 atom stereocenters. The third-order valence-electron chi connectivity index (χ3n) is 4.61. The molecule has 0 unspecified atom stereocenters. The maximum atomic E-state index is 12.5. The molecule has 21 heavy (non-hydrogen) atoms. The Morgan fingerprint density at radius 1 is 1.62 bits per heavy atom. The Bertz CT molecular complexity index is 516. The number of ether oxygens (including phenoxy) is 2. The lowest BCUT2D eigenvalue weighted by atomic mass is 9.89. The van der Waals surface area contributed by atoms with Crippen molar-refractivity contribution in [3.05, 3.63) is 17.5 Å². The summed E-state index contributed by atoms with van der Waals surface area (Å²) in [6.45, 7) is 4.27. The summed E-state index contributed by atoms with van der Waals surface area (Å²) in [4.78, 5) is 14.4. The van der Waals surface area contributed by atoms with E-state index in [0.717, 1.165) is 19.3 Å². The molecule has 1 aromatic heterocycles. The van der Waals surface area contributed by atoms with Crippen LogP contribution in [0.4, 0.5) is 0 Å². The largest absolute Gasteiger partial charge is 0.384 e. The minimum absolute atomic E-state index is 0.0717. The SMILES string of the molecule is COC[C@H]1CCC[C@@]12CN(C(=O)c1cc(C)on1)CCO2. The van der Waals surface area contributed by atoms with E-state index in [9.17, 15) is 4.79 Å².